The van der Waals surface area contributed by atoms with Gasteiger partial charge in [0, 0.05) is 34.7 Å². The second-order valence-corrected chi connectivity index (χ2v) is 6.04. The molecule has 3 nitrogen and oxygen atoms in total. The summed E-state index contributed by atoms with van der Waals surface area (Å²) in [4.78, 5) is 14.3. The van der Waals surface area contributed by atoms with Crippen molar-refractivity contribution in [2.24, 2.45) is 11.7 Å². The number of nitrogens with two attached hydrogens (primary N) is 1. The Morgan fingerprint density at radius 3 is 2.50 bits per heavy atom. The quantitative estimate of drug-likeness (QED) is 0.896. The van der Waals surface area contributed by atoms with Gasteiger partial charge < -0.3 is 10.6 Å². The molecule has 1 aliphatic heterocycles. The van der Waals surface area contributed by atoms with Crippen LogP contribution in [0.5, 0.6) is 0 Å². The number of hydrogen-bond donors (Lipinski definition) is 1. The zero-order valence-corrected chi connectivity index (χ0v) is 13.6. The maximum atomic E-state index is 12.4. The van der Waals surface area contributed by atoms with Gasteiger partial charge in [-0.15, -0.1) is 12.4 Å². The average Bonchev–Trinajstić information content (AvgIpc) is 2.37. The summed E-state index contributed by atoms with van der Waals surface area (Å²) in [6.07, 6.45) is 2.07. The van der Waals surface area contributed by atoms with E-state index in [-0.39, 0.29) is 24.4 Å². The molecule has 2 unspecified atom stereocenters. The van der Waals surface area contributed by atoms with Crippen molar-refractivity contribution in [3.8, 4) is 0 Å². The minimum Gasteiger partial charge on any atom is -0.338 e. The second kappa shape index (κ2) is 7.51. The lowest BCUT2D eigenvalue weighted by atomic mass is 9.92. The van der Waals surface area contributed by atoms with Crippen LogP contribution in [-0.4, -0.2) is 29.9 Å². The summed E-state index contributed by atoms with van der Waals surface area (Å²) in [6, 6.07) is 5.05. The van der Waals surface area contributed by atoms with Crippen LogP contribution in [0.2, 0.25) is 10.0 Å². The van der Waals surface area contributed by atoms with E-state index in [1.54, 1.807) is 18.2 Å². The molecule has 2 rings (SSSR count). The average molecular weight is 338 g/mol. The SMILES string of the molecule is CC(N)C1CCCN(C(=O)c2cc(Cl)cc(Cl)c2)C1.Cl. The van der Waals surface area contributed by atoms with Crippen LogP contribution in [0.1, 0.15) is 30.1 Å². The number of rotatable bonds is 2. The Morgan fingerprint density at radius 1 is 1.35 bits per heavy atom. The molecule has 1 aromatic carbocycles. The van der Waals surface area contributed by atoms with Gasteiger partial charge >= 0.3 is 0 Å². The van der Waals surface area contributed by atoms with Crippen molar-refractivity contribution in [3.63, 3.8) is 0 Å². The maximum Gasteiger partial charge on any atom is 0.253 e. The molecule has 20 heavy (non-hydrogen) atoms. The highest BCUT2D eigenvalue weighted by Crippen LogP contribution is 2.23. The minimum atomic E-state index is -0.0187. The van der Waals surface area contributed by atoms with Crippen molar-refractivity contribution in [3.05, 3.63) is 33.8 Å². The van der Waals surface area contributed by atoms with E-state index in [0.29, 0.717) is 28.1 Å². The lowest BCUT2D eigenvalue weighted by Gasteiger charge is -2.34. The standard InChI is InChI=1S/C14H18Cl2N2O.ClH/c1-9(17)10-3-2-4-18(8-10)14(19)11-5-12(15)7-13(16)6-11;/h5-7,9-10H,2-4,8,17H2,1H3;1H. The first-order valence-corrected chi connectivity index (χ1v) is 7.24. The molecule has 0 saturated carbocycles. The normalized spacial score (nSPS) is 20.2. The van der Waals surface area contributed by atoms with Gasteiger partial charge in [0.15, 0.2) is 0 Å². The minimum absolute atomic E-state index is 0. The Labute approximate surface area is 135 Å². The summed E-state index contributed by atoms with van der Waals surface area (Å²) >= 11 is 11.9. The third-order valence-electron chi connectivity index (χ3n) is 3.60. The predicted octanol–water partition coefficient (Wildman–Crippen LogP) is 3.61. The summed E-state index contributed by atoms with van der Waals surface area (Å²) in [5.41, 5.74) is 6.48. The number of carbonyl (C=O) groups excluding carboxylic acids is 1. The molecule has 0 aromatic heterocycles. The molecule has 2 N–H and O–H groups in total. The van der Waals surface area contributed by atoms with Crippen LogP contribution in [0.25, 0.3) is 0 Å². The van der Waals surface area contributed by atoms with E-state index >= 15 is 0 Å². The van der Waals surface area contributed by atoms with Crippen molar-refractivity contribution in [1.29, 1.82) is 0 Å². The lowest BCUT2D eigenvalue weighted by Crippen LogP contribution is -2.45. The van der Waals surface area contributed by atoms with Gasteiger partial charge in [0.25, 0.3) is 5.91 Å². The summed E-state index contributed by atoms with van der Waals surface area (Å²) in [7, 11) is 0. The van der Waals surface area contributed by atoms with Crippen molar-refractivity contribution in [2.75, 3.05) is 13.1 Å². The van der Waals surface area contributed by atoms with E-state index in [9.17, 15) is 4.79 Å². The Hall–Kier alpha value is -0.480. The van der Waals surface area contributed by atoms with Crippen LogP contribution in [0.3, 0.4) is 0 Å². The van der Waals surface area contributed by atoms with Crippen molar-refractivity contribution in [1.82, 2.24) is 4.90 Å². The van der Waals surface area contributed by atoms with E-state index in [1.807, 2.05) is 11.8 Å². The topological polar surface area (TPSA) is 46.3 Å². The number of halogens is 3. The van der Waals surface area contributed by atoms with E-state index in [4.69, 9.17) is 28.9 Å². The second-order valence-electron chi connectivity index (χ2n) is 5.17. The van der Waals surface area contributed by atoms with Crippen molar-refractivity contribution >= 4 is 41.5 Å². The lowest BCUT2D eigenvalue weighted by molar-refractivity contribution is 0.0661. The summed E-state index contributed by atoms with van der Waals surface area (Å²) in [5.74, 6) is 0.349. The molecule has 1 heterocycles. The van der Waals surface area contributed by atoms with Gasteiger partial charge in [-0.3, -0.25) is 4.79 Å². The molecule has 1 saturated heterocycles. The maximum absolute atomic E-state index is 12.4. The number of hydrogen-bond acceptors (Lipinski definition) is 2. The highest BCUT2D eigenvalue weighted by Gasteiger charge is 2.26. The van der Waals surface area contributed by atoms with E-state index < -0.39 is 0 Å². The Morgan fingerprint density at radius 2 is 1.95 bits per heavy atom. The first kappa shape index (κ1) is 17.6. The van der Waals surface area contributed by atoms with Gasteiger partial charge in [0.05, 0.1) is 0 Å². The molecule has 0 spiro atoms. The molecule has 0 radical (unpaired) electrons. The molecule has 2 atom stereocenters. The van der Waals surface area contributed by atoms with Crippen LogP contribution < -0.4 is 5.73 Å². The first-order valence-electron chi connectivity index (χ1n) is 6.48. The number of carbonyl (C=O) groups is 1. The number of piperidine rings is 1. The molecular weight excluding hydrogens is 319 g/mol. The van der Waals surface area contributed by atoms with E-state index in [0.717, 1.165) is 19.4 Å². The van der Waals surface area contributed by atoms with Crippen LogP contribution >= 0.6 is 35.6 Å². The monoisotopic (exact) mass is 336 g/mol. The molecule has 1 amide bonds. The molecular formula is C14H19Cl3N2O. The molecule has 1 aliphatic rings. The van der Waals surface area contributed by atoms with Crippen LogP contribution in [-0.2, 0) is 0 Å². The van der Waals surface area contributed by atoms with Crippen LogP contribution in [0.15, 0.2) is 18.2 Å². The predicted molar refractivity (Wildman–Crippen MR) is 86.0 cm³/mol. The number of benzene rings is 1. The summed E-state index contributed by atoms with van der Waals surface area (Å²) < 4.78 is 0. The van der Waals surface area contributed by atoms with Gasteiger partial charge in [-0.05, 0) is 43.9 Å². The van der Waals surface area contributed by atoms with Gasteiger partial charge in [-0.1, -0.05) is 23.2 Å². The largest absolute Gasteiger partial charge is 0.338 e. The van der Waals surface area contributed by atoms with Gasteiger partial charge in [0.2, 0.25) is 0 Å². The fourth-order valence-corrected chi connectivity index (χ4v) is 3.01. The molecule has 0 aliphatic carbocycles. The Bertz CT molecular complexity index is 459. The van der Waals surface area contributed by atoms with Crippen LogP contribution in [0, 0.1) is 5.92 Å². The van der Waals surface area contributed by atoms with E-state index in [2.05, 4.69) is 0 Å². The summed E-state index contributed by atoms with van der Waals surface area (Å²) in [6.45, 7) is 3.47. The smallest absolute Gasteiger partial charge is 0.253 e. The molecule has 0 bridgehead atoms. The van der Waals surface area contributed by atoms with Gasteiger partial charge in [-0.2, -0.15) is 0 Å². The Balaban J connectivity index is 0.00000200. The van der Waals surface area contributed by atoms with Crippen molar-refractivity contribution in [2.45, 2.75) is 25.8 Å². The highest BCUT2D eigenvalue weighted by molar-refractivity contribution is 6.35. The fourth-order valence-electron chi connectivity index (χ4n) is 2.48. The highest BCUT2D eigenvalue weighted by atomic mass is 35.5. The summed E-state index contributed by atoms with van der Waals surface area (Å²) in [5, 5.41) is 0.966. The molecule has 6 heteroatoms. The zero-order valence-electron chi connectivity index (χ0n) is 11.3. The Kier molecular flexibility index (Phi) is 6.59. The fraction of sp³-hybridized carbons (Fsp3) is 0.500. The number of amides is 1. The van der Waals surface area contributed by atoms with Gasteiger partial charge in [0.1, 0.15) is 0 Å². The third-order valence-corrected chi connectivity index (χ3v) is 4.03. The number of likely N-dealkylation sites (tertiary alicyclic amines) is 1. The molecule has 1 fully saturated rings. The molecule has 112 valence electrons. The zero-order chi connectivity index (χ0) is 14.0. The van der Waals surface area contributed by atoms with Gasteiger partial charge in [-0.25, -0.2) is 0 Å². The van der Waals surface area contributed by atoms with Crippen LogP contribution in [0.4, 0.5) is 0 Å². The van der Waals surface area contributed by atoms with E-state index in [1.165, 1.54) is 0 Å². The first-order chi connectivity index (χ1) is 8.97. The third kappa shape index (κ3) is 4.26. The number of nitrogens with zero attached hydrogens (tertiary/aromatic N) is 1. The molecule has 1 aromatic rings. The van der Waals surface area contributed by atoms with Crippen molar-refractivity contribution < 1.29 is 4.79 Å².